The standard InChI is InChI=1S/C12H22N2O4/c1-8(2)18-5-4-13-12(17)14-6-10(7-14)9(3)11(15)16/h8-10H,4-7H2,1-3H3,(H,13,17)(H,15,16). The first-order valence-corrected chi connectivity index (χ1v) is 6.29. The molecule has 2 amide bonds. The van der Waals surface area contributed by atoms with E-state index in [9.17, 15) is 9.59 Å². The van der Waals surface area contributed by atoms with Crippen LogP contribution in [0.1, 0.15) is 20.8 Å². The molecule has 0 aromatic rings. The number of rotatable bonds is 6. The van der Waals surface area contributed by atoms with Gasteiger partial charge in [0, 0.05) is 25.6 Å². The largest absolute Gasteiger partial charge is 0.481 e. The van der Waals surface area contributed by atoms with Crippen LogP contribution in [0.3, 0.4) is 0 Å². The van der Waals surface area contributed by atoms with Gasteiger partial charge in [-0.3, -0.25) is 4.79 Å². The second-order valence-corrected chi connectivity index (χ2v) is 4.94. The van der Waals surface area contributed by atoms with Gasteiger partial charge in [-0.25, -0.2) is 4.79 Å². The number of nitrogens with zero attached hydrogens (tertiary/aromatic N) is 1. The molecule has 1 atom stereocenters. The van der Waals surface area contributed by atoms with E-state index in [-0.39, 0.29) is 18.1 Å². The summed E-state index contributed by atoms with van der Waals surface area (Å²) in [7, 11) is 0. The lowest BCUT2D eigenvalue weighted by Crippen LogP contribution is -2.56. The third-order valence-corrected chi connectivity index (χ3v) is 3.12. The van der Waals surface area contributed by atoms with E-state index < -0.39 is 11.9 Å². The Labute approximate surface area is 107 Å². The molecular formula is C12H22N2O4. The highest BCUT2D eigenvalue weighted by molar-refractivity contribution is 5.76. The minimum atomic E-state index is -0.801. The number of hydrogen-bond donors (Lipinski definition) is 2. The van der Waals surface area contributed by atoms with Crippen LogP contribution in [0, 0.1) is 11.8 Å². The van der Waals surface area contributed by atoms with Crippen LogP contribution >= 0.6 is 0 Å². The van der Waals surface area contributed by atoms with E-state index in [0.717, 1.165) is 0 Å². The van der Waals surface area contributed by atoms with Crippen molar-refractivity contribution in [1.29, 1.82) is 0 Å². The van der Waals surface area contributed by atoms with Crippen LogP contribution in [0.5, 0.6) is 0 Å². The van der Waals surface area contributed by atoms with Gasteiger partial charge in [0.15, 0.2) is 0 Å². The second-order valence-electron chi connectivity index (χ2n) is 4.94. The lowest BCUT2D eigenvalue weighted by Gasteiger charge is -2.41. The number of carbonyl (C=O) groups excluding carboxylic acids is 1. The van der Waals surface area contributed by atoms with Crippen LogP contribution in [0.2, 0.25) is 0 Å². The molecule has 6 nitrogen and oxygen atoms in total. The van der Waals surface area contributed by atoms with Crippen LogP contribution in [0.25, 0.3) is 0 Å². The lowest BCUT2D eigenvalue weighted by molar-refractivity contribution is -0.144. The SMILES string of the molecule is CC(C)OCCNC(=O)N1CC(C(C)C(=O)O)C1. The molecule has 6 heteroatoms. The molecule has 2 N–H and O–H groups in total. The molecule has 0 spiro atoms. The summed E-state index contributed by atoms with van der Waals surface area (Å²) in [5.74, 6) is -1.12. The summed E-state index contributed by atoms with van der Waals surface area (Å²) in [6.45, 7) is 7.57. The van der Waals surface area contributed by atoms with Crippen LogP contribution in [0.4, 0.5) is 4.79 Å². The molecule has 0 radical (unpaired) electrons. The summed E-state index contributed by atoms with van der Waals surface area (Å²) in [4.78, 5) is 24.0. The van der Waals surface area contributed by atoms with Crippen LogP contribution in [0.15, 0.2) is 0 Å². The van der Waals surface area contributed by atoms with Gasteiger partial charge in [-0.15, -0.1) is 0 Å². The van der Waals surface area contributed by atoms with Gasteiger partial charge in [0.1, 0.15) is 0 Å². The summed E-state index contributed by atoms with van der Waals surface area (Å²) in [5, 5.41) is 11.6. The van der Waals surface area contributed by atoms with E-state index in [1.807, 2.05) is 13.8 Å². The number of carbonyl (C=O) groups is 2. The molecule has 1 fully saturated rings. The minimum absolute atomic E-state index is 0.0696. The summed E-state index contributed by atoms with van der Waals surface area (Å²) in [6, 6.07) is -0.142. The lowest BCUT2D eigenvalue weighted by atomic mass is 9.87. The molecule has 1 unspecified atom stereocenters. The van der Waals surface area contributed by atoms with Gasteiger partial charge in [0.25, 0.3) is 0 Å². The van der Waals surface area contributed by atoms with Crippen molar-refractivity contribution in [2.75, 3.05) is 26.2 Å². The zero-order chi connectivity index (χ0) is 13.7. The summed E-state index contributed by atoms with van der Waals surface area (Å²) in [6.07, 6.45) is 0.159. The van der Waals surface area contributed by atoms with Gasteiger partial charge in [-0.1, -0.05) is 6.92 Å². The number of nitrogens with one attached hydrogen (secondary N) is 1. The maximum Gasteiger partial charge on any atom is 0.317 e. The molecule has 1 aliphatic rings. The molecule has 1 rings (SSSR count). The Hall–Kier alpha value is -1.30. The van der Waals surface area contributed by atoms with Gasteiger partial charge >= 0.3 is 12.0 Å². The monoisotopic (exact) mass is 258 g/mol. The number of likely N-dealkylation sites (tertiary alicyclic amines) is 1. The molecule has 1 aliphatic heterocycles. The number of urea groups is 1. The Morgan fingerprint density at radius 3 is 2.50 bits per heavy atom. The maximum absolute atomic E-state index is 11.6. The number of hydrogen-bond acceptors (Lipinski definition) is 3. The van der Waals surface area contributed by atoms with Crippen LogP contribution in [-0.2, 0) is 9.53 Å². The average Bonchev–Trinajstić information content (AvgIpc) is 2.21. The summed E-state index contributed by atoms with van der Waals surface area (Å²) >= 11 is 0. The Morgan fingerprint density at radius 1 is 1.39 bits per heavy atom. The van der Waals surface area contributed by atoms with E-state index in [0.29, 0.717) is 26.2 Å². The Balaban J connectivity index is 2.13. The molecule has 0 aliphatic carbocycles. The highest BCUT2D eigenvalue weighted by Gasteiger charge is 2.36. The minimum Gasteiger partial charge on any atom is -0.481 e. The smallest absolute Gasteiger partial charge is 0.317 e. The van der Waals surface area contributed by atoms with Crippen molar-refractivity contribution in [3.8, 4) is 0 Å². The van der Waals surface area contributed by atoms with Crippen molar-refractivity contribution >= 4 is 12.0 Å². The predicted molar refractivity (Wildman–Crippen MR) is 66.3 cm³/mol. The normalized spacial score (nSPS) is 17.4. The van der Waals surface area contributed by atoms with E-state index in [2.05, 4.69) is 5.32 Å². The van der Waals surface area contributed by atoms with Crippen molar-refractivity contribution in [1.82, 2.24) is 10.2 Å². The van der Waals surface area contributed by atoms with E-state index in [1.165, 1.54) is 0 Å². The highest BCUT2D eigenvalue weighted by atomic mass is 16.5. The maximum atomic E-state index is 11.6. The number of aliphatic carboxylic acids is 1. The fourth-order valence-corrected chi connectivity index (χ4v) is 1.76. The summed E-state index contributed by atoms with van der Waals surface area (Å²) < 4.78 is 5.30. The zero-order valence-electron chi connectivity index (χ0n) is 11.2. The van der Waals surface area contributed by atoms with Gasteiger partial charge < -0.3 is 20.1 Å². The molecule has 1 saturated heterocycles. The number of ether oxygens (including phenoxy) is 1. The first-order chi connectivity index (χ1) is 8.41. The molecule has 0 bridgehead atoms. The predicted octanol–water partition coefficient (Wildman–Crippen LogP) is 0.773. The molecular weight excluding hydrogens is 236 g/mol. The Morgan fingerprint density at radius 2 is 2.00 bits per heavy atom. The van der Waals surface area contributed by atoms with E-state index in [4.69, 9.17) is 9.84 Å². The van der Waals surface area contributed by atoms with Gasteiger partial charge in [0.05, 0.1) is 18.6 Å². The molecule has 0 aromatic carbocycles. The molecule has 0 saturated carbocycles. The fraction of sp³-hybridized carbons (Fsp3) is 0.833. The second kappa shape index (κ2) is 6.58. The van der Waals surface area contributed by atoms with Crippen LogP contribution in [-0.4, -0.2) is 54.4 Å². The molecule has 18 heavy (non-hydrogen) atoms. The molecule has 1 heterocycles. The molecule has 0 aromatic heterocycles. The Bertz CT molecular complexity index is 300. The number of carboxylic acids is 1. The van der Waals surface area contributed by atoms with E-state index >= 15 is 0 Å². The van der Waals surface area contributed by atoms with Gasteiger partial charge in [-0.2, -0.15) is 0 Å². The topological polar surface area (TPSA) is 78.9 Å². The van der Waals surface area contributed by atoms with Crippen molar-refractivity contribution in [3.05, 3.63) is 0 Å². The zero-order valence-corrected chi connectivity index (χ0v) is 11.2. The first-order valence-electron chi connectivity index (χ1n) is 6.29. The van der Waals surface area contributed by atoms with Crippen molar-refractivity contribution in [2.24, 2.45) is 11.8 Å². The highest BCUT2D eigenvalue weighted by Crippen LogP contribution is 2.23. The number of carboxylic acid groups (broad SMARTS) is 1. The van der Waals surface area contributed by atoms with Crippen molar-refractivity contribution in [2.45, 2.75) is 26.9 Å². The number of amides is 2. The molecule has 104 valence electrons. The van der Waals surface area contributed by atoms with Gasteiger partial charge in [-0.05, 0) is 13.8 Å². The Kier molecular flexibility index (Phi) is 5.40. The van der Waals surface area contributed by atoms with Crippen LogP contribution < -0.4 is 5.32 Å². The average molecular weight is 258 g/mol. The van der Waals surface area contributed by atoms with Crippen molar-refractivity contribution < 1.29 is 19.4 Å². The van der Waals surface area contributed by atoms with Crippen molar-refractivity contribution in [3.63, 3.8) is 0 Å². The van der Waals surface area contributed by atoms with E-state index in [1.54, 1.807) is 11.8 Å². The quantitative estimate of drug-likeness (QED) is 0.690. The third kappa shape index (κ3) is 4.18. The first kappa shape index (κ1) is 14.8. The third-order valence-electron chi connectivity index (χ3n) is 3.12. The van der Waals surface area contributed by atoms with Gasteiger partial charge in [0.2, 0.25) is 0 Å². The summed E-state index contributed by atoms with van der Waals surface area (Å²) in [5.41, 5.74) is 0. The fourth-order valence-electron chi connectivity index (χ4n) is 1.76.